The zero-order valence-corrected chi connectivity index (χ0v) is 17.8. The summed E-state index contributed by atoms with van der Waals surface area (Å²) in [5.74, 6) is 0.105. The molecule has 0 unspecified atom stereocenters. The van der Waals surface area contributed by atoms with Crippen LogP contribution >= 0.6 is 0 Å². The fourth-order valence-corrected chi connectivity index (χ4v) is 3.29. The van der Waals surface area contributed by atoms with Gasteiger partial charge in [-0.3, -0.25) is 4.79 Å². The first-order chi connectivity index (χ1) is 13.6. The van der Waals surface area contributed by atoms with Crippen LogP contribution in [0.1, 0.15) is 80.8 Å². The average molecular weight is 378 g/mol. The normalized spacial score (nSPS) is 11.1. The van der Waals surface area contributed by atoms with Crippen molar-refractivity contribution in [2.75, 3.05) is 18.0 Å². The summed E-state index contributed by atoms with van der Waals surface area (Å²) in [6.45, 7) is 8.41. The van der Waals surface area contributed by atoms with Crippen LogP contribution in [0.4, 0.5) is 5.69 Å². The molecule has 0 saturated carbocycles. The number of rotatable bonds is 12. The minimum Gasteiger partial charge on any atom is -0.372 e. The van der Waals surface area contributed by atoms with E-state index < -0.39 is 0 Å². The Bertz CT molecular complexity index is 718. The van der Waals surface area contributed by atoms with Crippen molar-refractivity contribution in [2.24, 2.45) is 0 Å². The van der Waals surface area contributed by atoms with Crippen molar-refractivity contribution in [3.05, 3.63) is 65.2 Å². The van der Waals surface area contributed by atoms with Gasteiger partial charge in [0.05, 0.1) is 0 Å². The van der Waals surface area contributed by atoms with E-state index in [9.17, 15) is 4.79 Å². The van der Waals surface area contributed by atoms with Crippen molar-refractivity contribution < 1.29 is 4.79 Å². The van der Waals surface area contributed by atoms with Gasteiger partial charge in [0.25, 0.3) is 0 Å². The number of anilines is 1. The van der Waals surface area contributed by atoms with E-state index >= 15 is 0 Å². The smallest absolute Gasteiger partial charge is 0.159 e. The molecule has 2 rings (SSSR count). The van der Waals surface area contributed by atoms with E-state index in [4.69, 9.17) is 0 Å². The van der Waals surface area contributed by atoms with Crippen LogP contribution in [0.15, 0.2) is 48.5 Å². The molecule has 0 saturated heterocycles. The number of hydrogen-bond donors (Lipinski definition) is 0. The summed E-state index contributed by atoms with van der Waals surface area (Å²) in [5.41, 5.74) is 4.39. The SMILES string of the molecule is CCCCCN(CCCCC)c1ccc(/C=C/c2ccc(C(C)=O)cc2)cc1. The van der Waals surface area contributed by atoms with Crippen LogP contribution in [-0.4, -0.2) is 18.9 Å². The number of carbonyl (C=O) groups excluding carboxylic acids is 1. The second-order valence-electron chi connectivity index (χ2n) is 7.50. The minimum atomic E-state index is 0.105. The van der Waals surface area contributed by atoms with Gasteiger partial charge in [0.1, 0.15) is 0 Å². The molecular formula is C26H35NO. The van der Waals surface area contributed by atoms with E-state index in [0.29, 0.717) is 0 Å². The quantitative estimate of drug-likeness (QED) is 0.221. The zero-order valence-electron chi connectivity index (χ0n) is 17.8. The maximum absolute atomic E-state index is 11.4. The predicted octanol–water partition coefficient (Wildman–Crippen LogP) is 7.25. The Morgan fingerprint density at radius 3 is 1.64 bits per heavy atom. The number of carbonyl (C=O) groups is 1. The van der Waals surface area contributed by atoms with Gasteiger partial charge in [-0.2, -0.15) is 0 Å². The van der Waals surface area contributed by atoms with Crippen LogP contribution in [0.3, 0.4) is 0 Å². The van der Waals surface area contributed by atoms with Crippen molar-refractivity contribution in [3.63, 3.8) is 0 Å². The highest BCUT2D eigenvalue weighted by Gasteiger charge is 2.06. The van der Waals surface area contributed by atoms with E-state index in [0.717, 1.165) is 24.2 Å². The second kappa shape index (κ2) is 12.2. The molecule has 0 aliphatic heterocycles. The molecule has 0 aliphatic rings. The summed E-state index contributed by atoms with van der Waals surface area (Å²) in [6.07, 6.45) is 11.9. The summed E-state index contributed by atoms with van der Waals surface area (Å²) in [7, 11) is 0. The van der Waals surface area contributed by atoms with Gasteiger partial charge in [0.2, 0.25) is 0 Å². The maximum Gasteiger partial charge on any atom is 0.159 e. The third kappa shape index (κ3) is 7.34. The molecule has 2 aromatic carbocycles. The van der Waals surface area contributed by atoms with Gasteiger partial charge in [-0.15, -0.1) is 0 Å². The standard InChI is InChI=1S/C26H35NO/c1-4-6-8-20-27(21-9-7-5-2)26-18-14-24(15-19-26)11-10-23-12-16-25(17-13-23)22(3)28/h10-19H,4-9,20-21H2,1-3H3/b11-10+. The van der Waals surface area contributed by atoms with Crippen LogP contribution in [0.25, 0.3) is 12.2 Å². The number of hydrogen-bond acceptors (Lipinski definition) is 2. The van der Waals surface area contributed by atoms with Crippen LogP contribution in [0.2, 0.25) is 0 Å². The van der Waals surface area contributed by atoms with Crippen LogP contribution < -0.4 is 4.90 Å². The Kier molecular flexibility index (Phi) is 9.54. The van der Waals surface area contributed by atoms with Gasteiger partial charge < -0.3 is 4.90 Å². The van der Waals surface area contributed by atoms with Crippen molar-refractivity contribution >= 4 is 23.6 Å². The fourth-order valence-electron chi connectivity index (χ4n) is 3.29. The highest BCUT2D eigenvalue weighted by molar-refractivity contribution is 5.94. The maximum atomic E-state index is 11.4. The highest BCUT2D eigenvalue weighted by atomic mass is 16.1. The molecule has 0 heterocycles. The van der Waals surface area contributed by atoms with E-state index in [-0.39, 0.29) is 5.78 Å². The molecule has 150 valence electrons. The van der Waals surface area contributed by atoms with Crippen molar-refractivity contribution in [1.82, 2.24) is 0 Å². The molecule has 0 amide bonds. The molecule has 0 aliphatic carbocycles. The van der Waals surface area contributed by atoms with Gasteiger partial charge in [-0.25, -0.2) is 0 Å². The monoisotopic (exact) mass is 377 g/mol. The van der Waals surface area contributed by atoms with Gasteiger partial charge in [-0.1, -0.05) is 88.1 Å². The lowest BCUT2D eigenvalue weighted by atomic mass is 10.1. The third-order valence-electron chi connectivity index (χ3n) is 5.11. The molecule has 0 atom stereocenters. The molecular weight excluding hydrogens is 342 g/mol. The van der Waals surface area contributed by atoms with Crippen molar-refractivity contribution in [3.8, 4) is 0 Å². The zero-order chi connectivity index (χ0) is 20.2. The van der Waals surface area contributed by atoms with Gasteiger partial charge in [0, 0.05) is 24.3 Å². The predicted molar refractivity (Wildman–Crippen MR) is 123 cm³/mol. The van der Waals surface area contributed by atoms with Crippen molar-refractivity contribution in [2.45, 2.75) is 59.3 Å². The van der Waals surface area contributed by atoms with Gasteiger partial charge in [-0.05, 0) is 43.0 Å². The lowest BCUT2D eigenvalue weighted by Gasteiger charge is -2.25. The lowest BCUT2D eigenvalue weighted by Crippen LogP contribution is -2.25. The molecule has 28 heavy (non-hydrogen) atoms. The number of benzene rings is 2. The summed E-state index contributed by atoms with van der Waals surface area (Å²) >= 11 is 0. The third-order valence-corrected chi connectivity index (χ3v) is 5.11. The molecule has 0 aromatic heterocycles. The first-order valence-electron chi connectivity index (χ1n) is 10.8. The number of ketones is 1. The van der Waals surface area contributed by atoms with E-state index in [1.54, 1.807) is 6.92 Å². The molecule has 0 fully saturated rings. The second-order valence-corrected chi connectivity index (χ2v) is 7.50. The number of nitrogens with zero attached hydrogens (tertiary/aromatic N) is 1. The minimum absolute atomic E-state index is 0.105. The number of Topliss-reactive ketones (excluding diaryl/α,β-unsaturated/α-hetero) is 1. The Morgan fingerprint density at radius 2 is 1.21 bits per heavy atom. The van der Waals surface area contributed by atoms with E-state index in [2.05, 4.69) is 55.2 Å². The van der Waals surface area contributed by atoms with Crippen LogP contribution in [0, 0.1) is 0 Å². The molecule has 0 spiro atoms. The summed E-state index contributed by atoms with van der Waals surface area (Å²) in [5, 5.41) is 0. The molecule has 2 nitrogen and oxygen atoms in total. The van der Waals surface area contributed by atoms with Gasteiger partial charge >= 0.3 is 0 Å². The van der Waals surface area contributed by atoms with Gasteiger partial charge in [0.15, 0.2) is 5.78 Å². The Balaban J connectivity index is 2.01. The average Bonchev–Trinajstić information content (AvgIpc) is 2.72. The van der Waals surface area contributed by atoms with E-state index in [1.807, 2.05) is 24.3 Å². The molecule has 0 bridgehead atoms. The highest BCUT2D eigenvalue weighted by Crippen LogP contribution is 2.19. The topological polar surface area (TPSA) is 20.3 Å². The lowest BCUT2D eigenvalue weighted by molar-refractivity contribution is 0.101. The Hall–Kier alpha value is -2.35. The first kappa shape index (κ1) is 21.9. The Morgan fingerprint density at radius 1 is 0.750 bits per heavy atom. The number of unbranched alkanes of at least 4 members (excludes halogenated alkanes) is 4. The molecule has 0 N–H and O–H groups in total. The summed E-state index contributed by atoms with van der Waals surface area (Å²) < 4.78 is 0. The van der Waals surface area contributed by atoms with Crippen LogP contribution in [-0.2, 0) is 0 Å². The fraction of sp³-hybridized carbons (Fsp3) is 0.423. The van der Waals surface area contributed by atoms with Crippen molar-refractivity contribution in [1.29, 1.82) is 0 Å². The van der Waals surface area contributed by atoms with E-state index in [1.165, 1.54) is 49.8 Å². The summed E-state index contributed by atoms with van der Waals surface area (Å²) in [4.78, 5) is 13.9. The first-order valence-corrected chi connectivity index (χ1v) is 10.8. The Labute approximate surface area is 171 Å². The largest absolute Gasteiger partial charge is 0.372 e. The summed E-state index contributed by atoms with van der Waals surface area (Å²) in [6, 6.07) is 16.6. The van der Waals surface area contributed by atoms with Crippen LogP contribution in [0.5, 0.6) is 0 Å². The molecule has 2 aromatic rings. The molecule has 0 radical (unpaired) electrons. The molecule has 2 heteroatoms.